The number of amides is 1. The zero-order valence-electron chi connectivity index (χ0n) is 18.6. The third kappa shape index (κ3) is 4.39. The van der Waals surface area contributed by atoms with Crippen LogP contribution >= 0.6 is 0 Å². The number of pyridine rings is 2. The number of methoxy groups -OCH3 is 1. The van der Waals surface area contributed by atoms with E-state index in [4.69, 9.17) is 10.00 Å². The lowest BCUT2D eigenvalue weighted by atomic mass is 9.89. The number of hydrogen-bond donors (Lipinski definition) is 1. The molecular weight excluding hydrogens is 418 g/mol. The van der Waals surface area contributed by atoms with Crippen molar-refractivity contribution in [3.05, 3.63) is 71.5 Å². The standard InChI is InChI=1S/C25H23N5O3/c1-15-10-22(29-24-9-4-17(12-26)13-28-24)20-11-18(6-8-23(20)30(15)16(2)31)21-7-5-19(14-27-21)25(32)33-3/h4-9,11,13-15,22H,10H2,1-3H3,(H,28,29)/t15-,22?/m0/s1. The lowest BCUT2D eigenvalue weighted by Gasteiger charge is -2.39. The number of esters is 1. The molecule has 0 bridgehead atoms. The second-order valence-corrected chi connectivity index (χ2v) is 7.91. The number of ether oxygens (including phenoxy) is 1. The number of benzene rings is 1. The van der Waals surface area contributed by atoms with Gasteiger partial charge in [-0.2, -0.15) is 5.26 Å². The highest BCUT2D eigenvalue weighted by Gasteiger charge is 2.33. The molecular formula is C25H23N5O3. The van der Waals surface area contributed by atoms with E-state index in [1.165, 1.54) is 19.5 Å². The van der Waals surface area contributed by atoms with Crippen LogP contribution in [-0.4, -0.2) is 35.0 Å². The molecule has 166 valence electrons. The van der Waals surface area contributed by atoms with Crippen molar-refractivity contribution in [1.82, 2.24) is 9.97 Å². The summed E-state index contributed by atoms with van der Waals surface area (Å²) in [4.78, 5) is 34.7. The quantitative estimate of drug-likeness (QED) is 0.607. The van der Waals surface area contributed by atoms with Gasteiger partial charge in [0.25, 0.3) is 0 Å². The summed E-state index contributed by atoms with van der Waals surface area (Å²) in [6.45, 7) is 3.59. The molecule has 2 atom stereocenters. The van der Waals surface area contributed by atoms with E-state index in [1.54, 1.807) is 36.1 Å². The summed E-state index contributed by atoms with van der Waals surface area (Å²) in [5.41, 5.74) is 4.22. The first kappa shape index (κ1) is 22.0. The SMILES string of the molecule is COC(=O)c1ccc(-c2ccc3c(c2)C(Nc2ccc(C#N)cn2)C[C@H](C)N3C(C)=O)nc1. The molecule has 3 aromatic rings. The van der Waals surface area contributed by atoms with Gasteiger partial charge < -0.3 is 15.0 Å². The molecule has 0 spiro atoms. The predicted molar refractivity (Wildman–Crippen MR) is 124 cm³/mol. The second-order valence-electron chi connectivity index (χ2n) is 7.91. The smallest absolute Gasteiger partial charge is 0.339 e. The van der Waals surface area contributed by atoms with Gasteiger partial charge in [0.05, 0.1) is 30.0 Å². The van der Waals surface area contributed by atoms with Crippen molar-refractivity contribution in [3.63, 3.8) is 0 Å². The maximum atomic E-state index is 12.4. The molecule has 1 aliphatic heterocycles. The van der Waals surface area contributed by atoms with Crippen molar-refractivity contribution in [2.24, 2.45) is 0 Å². The van der Waals surface area contributed by atoms with E-state index in [0.29, 0.717) is 29.1 Å². The Labute approximate surface area is 191 Å². The molecule has 3 heterocycles. The van der Waals surface area contributed by atoms with Crippen molar-refractivity contribution in [1.29, 1.82) is 5.26 Å². The van der Waals surface area contributed by atoms with E-state index in [9.17, 15) is 9.59 Å². The third-order valence-electron chi connectivity index (χ3n) is 5.71. The molecule has 0 saturated heterocycles. The number of nitriles is 1. The van der Waals surface area contributed by atoms with Gasteiger partial charge in [-0.05, 0) is 55.3 Å². The highest BCUT2D eigenvalue weighted by Crippen LogP contribution is 2.40. The molecule has 0 saturated carbocycles. The number of rotatable bonds is 4. The summed E-state index contributed by atoms with van der Waals surface area (Å²) in [5, 5.41) is 12.5. The van der Waals surface area contributed by atoms with Crippen LogP contribution in [0.25, 0.3) is 11.3 Å². The summed E-state index contributed by atoms with van der Waals surface area (Å²) in [6.07, 6.45) is 3.70. The normalized spacial score (nSPS) is 17.0. The Bertz CT molecular complexity index is 1230. The topological polar surface area (TPSA) is 108 Å². The van der Waals surface area contributed by atoms with Gasteiger partial charge in [0, 0.05) is 36.6 Å². The zero-order valence-corrected chi connectivity index (χ0v) is 18.6. The third-order valence-corrected chi connectivity index (χ3v) is 5.71. The Hall–Kier alpha value is -4.25. The van der Waals surface area contributed by atoms with Crippen molar-refractivity contribution in [2.45, 2.75) is 32.4 Å². The number of carbonyl (C=O) groups is 2. The molecule has 1 N–H and O–H groups in total. The summed E-state index contributed by atoms with van der Waals surface area (Å²) >= 11 is 0. The maximum Gasteiger partial charge on any atom is 0.339 e. The molecule has 1 aromatic carbocycles. The lowest BCUT2D eigenvalue weighted by Crippen LogP contribution is -2.43. The lowest BCUT2D eigenvalue weighted by molar-refractivity contribution is -0.117. The van der Waals surface area contributed by atoms with E-state index in [2.05, 4.69) is 21.4 Å². The second kappa shape index (κ2) is 9.09. The minimum Gasteiger partial charge on any atom is -0.465 e. The van der Waals surface area contributed by atoms with Crippen molar-refractivity contribution in [3.8, 4) is 17.3 Å². The highest BCUT2D eigenvalue weighted by molar-refractivity contribution is 5.94. The molecule has 33 heavy (non-hydrogen) atoms. The van der Waals surface area contributed by atoms with Gasteiger partial charge >= 0.3 is 5.97 Å². The van der Waals surface area contributed by atoms with Gasteiger partial charge in [0.1, 0.15) is 11.9 Å². The van der Waals surface area contributed by atoms with E-state index < -0.39 is 5.97 Å². The minimum absolute atomic E-state index is 0.00537. The van der Waals surface area contributed by atoms with E-state index in [0.717, 1.165) is 16.8 Å². The Morgan fingerprint density at radius 1 is 1.15 bits per heavy atom. The molecule has 2 aromatic heterocycles. The van der Waals surface area contributed by atoms with Gasteiger partial charge in [-0.1, -0.05) is 6.07 Å². The first-order valence-electron chi connectivity index (χ1n) is 10.5. The average molecular weight is 441 g/mol. The molecule has 0 fully saturated rings. The first-order valence-corrected chi connectivity index (χ1v) is 10.5. The molecule has 4 rings (SSSR count). The maximum absolute atomic E-state index is 12.4. The van der Waals surface area contributed by atoms with Crippen LogP contribution in [0.15, 0.2) is 54.9 Å². The molecule has 1 aliphatic rings. The monoisotopic (exact) mass is 441 g/mol. The summed E-state index contributed by atoms with van der Waals surface area (Å²) < 4.78 is 4.74. The fourth-order valence-electron chi connectivity index (χ4n) is 4.17. The number of anilines is 2. The highest BCUT2D eigenvalue weighted by atomic mass is 16.5. The fraction of sp³-hybridized carbons (Fsp3) is 0.240. The Morgan fingerprint density at radius 2 is 1.97 bits per heavy atom. The minimum atomic E-state index is -0.440. The number of fused-ring (bicyclic) bond motifs is 1. The molecule has 8 heteroatoms. The van der Waals surface area contributed by atoms with Crippen molar-refractivity contribution in [2.75, 3.05) is 17.3 Å². The average Bonchev–Trinajstić information content (AvgIpc) is 2.83. The van der Waals surface area contributed by atoms with Crippen LogP contribution < -0.4 is 10.2 Å². The van der Waals surface area contributed by atoms with Crippen LogP contribution in [0.2, 0.25) is 0 Å². The van der Waals surface area contributed by atoms with Crippen LogP contribution in [0, 0.1) is 11.3 Å². The number of nitrogens with zero attached hydrogens (tertiary/aromatic N) is 4. The van der Waals surface area contributed by atoms with E-state index in [1.807, 2.05) is 25.1 Å². The molecule has 8 nitrogen and oxygen atoms in total. The summed E-state index contributed by atoms with van der Waals surface area (Å²) in [7, 11) is 1.33. The summed E-state index contributed by atoms with van der Waals surface area (Å²) in [5.74, 6) is 0.191. The van der Waals surface area contributed by atoms with Crippen LogP contribution in [0.1, 0.15) is 47.8 Å². The largest absolute Gasteiger partial charge is 0.465 e. The number of nitrogens with one attached hydrogen (secondary N) is 1. The summed E-state index contributed by atoms with van der Waals surface area (Å²) in [6, 6.07) is 14.8. The van der Waals surface area contributed by atoms with Gasteiger partial charge in [0.15, 0.2) is 0 Å². The predicted octanol–water partition coefficient (Wildman–Crippen LogP) is 4.10. The first-order chi connectivity index (χ1) is 15.9. The molecule has 0 aliphatic carbocycles. The van der Waals surface area contributed by atoms with Crippen LogP contribution in [0.3, 0.4) is 0 Å². The van der Waals surface area contributed by atoms with Crippen molar-refractivity contribution < 1.29 is 14.3 Å². The number of aromatic nitrogens is 2. The van der Waals surface area contributed by atoms with E-state index >= 15 is 0 Å². The van der Waals surface area contributed by atoms with E-state index in [-0.39, 0.29) is 18.0 Å². The molecule has 1 amide bonds. The van der Waals surface area contributed by atoms with Gasteiger partial charge in [-0.3, -0.25) is 9.78 Å². The fourth-order valence-corrected chi connectivity index (χ4v) is 4.17. The number of carbonyl (C=O) groups excluding carboxylic acids is 2. The Balaban J connectivity index is 1.72. The zero-order chi connectivity index (χ0) is 23.5. The number of hydrogen-bond acceptors (Lipinski definition) is 7. The van der Waals surface area contributed by atoms with Crippen LogP contribution in [0.4, 0.5) is 11.5 Å². The molecule has 0 radical (unpaired) electrons. The van der Waals surface area contributed by atoms with Crippen LogP contribution in [-0.2, 0) is 9.53 Å². The van der Waals surface area contributed by atoms with Gasteiger partial charge in [0.2, 0.25) is 5.91 Å². The Morgan fingerprint density at radius 3 is 2.58 bits per heavy atom. The molecule has 1 unspecified atom stereocenters. The Kier molecular flexibility index (Phi) is 6.05. The van der Waals surface area contributed by atoms with Crippen molar-refractivity contribution >= 4 is 23.4 Å². The van der Waals surface area contributed by atoms with Gasteiger partial charge in [-0.15, -0.1) is 0 Å². The van der Waals surface area contributed by atoms with Gasteiger partial charge in [-0.25, -0.2) is 9.78 Å². The van der Waals surface area contributed by atoms with Crippen LogP contribution in [0.5, 0.6) is 0 Å².